The highest BCUT2D eigenvalue weighted by Gasteiger charge is 2.13. The van der Waals surface area contributed by atoms with E-state index in [2.05, 4.69) is 18.0 Å². The molecule has 0 aliphatic heterocycles. The van der Waals surface area contributed by atoms with Gasteiger partial charge >= 0.3 is 0 Å². The van der Waals surface area contributed by atoms with Crippen LogP contribution in [0.5, 0.6) is 5.75 Å². The van der Waals surface area contributed by atoms with Crippen LogP contribution in [0, 0.1) is 6.92 Å². The second-order valence-corrected chi connectivity index (χ2v) is 6.88. The Morgan fingerprint density at radius 2 is 2.04 bits per heavy atom. The normalized spacial score (nSPS) is 11.1. The number of fused-ring (bicyclic) bond motifs is 1. The predicted molar refractivity (Wildman–Crippen MR) is 97.9 cm³/mol. The molecule has 0 unspecified atom stereocenters. The third-order valence-electron chi connectivity index (χ3n) is 3.90. The number of halogens is 1. The molecule has 3 aromatic rings. The molecule has 5 heteroatoms. The van der Waals surface area contributed by atoms with Crippen molar-refractivity contribution < 1.29 is 4.74 Å². The molecule has 0 atom stereocenters. The molecule has 0 aliphatic carbocycles. The SMILES string of the molecule is COc1ccc2[nH]cc(Sc3cc(Cl)ccc3CCN)c2c1C. The number of nitrogens with one attached hydrogen (secondary N) is 1. The largest absolute Gasteiger partial charge is 0.496 e. The molecule has 3 rings (SSSR count). The number of aryl methyl sites for hydroxylation is 1. The van der Waals surface area contributed by atoms with Crippen LogP contribution in [0.3, 0.4) is 0 Å². The standard InChI is InChI=1S/C18H19ClN2OS/c1-11-15(22-2)6-5-14-18(11)17(10-21-14)23-16-9-13(19)4-3-12(16)7-8-20/h3-6,9-10,21H,7-8,20H2,1-2H3. The van der Waals surface area contributed by atoms with Gasteiger partial charge in [-0.15, -0.1) is 0 Å². The number of ether oxygens (including phenoxy) is 1. The van der Waals surface area contributed by atoms with Crippen LogP contribution in [0.2, 0.25) is 5.02 Å². The van der Waals surface area contributed by atoms with Gasteiger partial charge in [-0.25, -0.2) is 0 Å². The number of hydrogen-bond donors (Lipinski definition) is 2. The van der Waals surface area contributed by atoms with Gasteiger partial charge in [-0.1, -0.05) is 29.4 Å². The minimum Gasteiger partial charge on any atom is -0.496 e. The van der Waals surface area contributed by atoms with E-state index in [1.54, 1.807) is 18.9 Å². The lowest BCUT2D eigenvalue weighted by atomic mass is 10.1. The molecule has 0 amide bonds. The molecule has 0 saturated heterocycles. The number of H-pyrrole nitrogens is 1. The van der Waals surface area contributed by atoms with Crippen LogP contribution < -0.4 is 10.5 Å². The number of hydrogen-bond acceptors (Lipinski definition) is 3. The Morgan fingerprint density at radius 3 is 2.78 bits per heavy atom. The maximum absolute atomic E-state index is 6.18. The summed E-state index contributed by atoms with van der Waals surface area (Å²) in [5, 5.41) is 1.93. The Balaban J connectivity index is 2.07. The van der Waals surface area contributed by atoms with Crippen molar-refractivity contribution in [2.75, 3.05) is 13.7 Å². The van der Waals surface area contributed by atoms with Crippen molar-refractivity contribution in [2.24, 2.45) is 5.73 Å². The van der Waals surface area contributed by atoms with Crippen LogP contribution in [0.1, 0.15) is 11.1 Å². The number of nitrogens with two attached hydrogens (primary N) is 1. The molecule has 0 aliphatic rings. The van der Waals surface area contributed by atoms with E-state index in [4.69, 9.17) is 22.1 Å². The number of aromatic amines is 1. The van der Waals surface area contributed by atoms with Crippen LogP contribution in [-0.4, -0.2) is 18.6 Å². The highest BCUT2D eigenvalue weighted by molar-refractivity contribution is 7.99. The molecule has 23 heavy (non-hydrogen) atoms. The molecule has 0 saturated carbocycles. The van der Waals surface area contributed by atoms with Gasteiger partial charge in [0.15, 0.2) is 0 Å². The van der Waals surface area contributed by atoms with Gasteiger partial charge in [-0.2, -0.15) is 0 Å². The smallest absolute Gasteiger partial charge is 0.122 e. The molecule has 2 aromatic carbocycles. The van der Waals surface area contributed by atoms with E-state index < -0.39 is 0 Å². The quantitative estimate of drug-likeness (QED) is 0.698. The molecular formula is C18H19ClN2OS. The highest BCUT2D eigenvalue weighted by atomic mass is 35.5. The monoisotopic (exact) mass is 346 g/mol. The third kappa shape index (κ3) is 3.20. The van der Waals surface area contributed by atoms with E-state index in [-0.39, 0.29) is 0 Å². The van der Waals surface area contributed by atoms with Gasteiger partial charge in [-0.3, -0.25) is 0 Å². The fourth-order valence-electron chi connectivity index (χ4n) is 2.75. The van der Waals surface area contributed by atoms with Crippen LogP contribution in [0.4, 0.5) is 0 Å². The molecule has 0 radical (unpaired) electrons. The Hall–Kier alpha value is -1.62. The maximum Gasteiger partial charge on any atom is 0.122 e. The highest BCUT2D eigenvalue weighted by Crippen LogP contribution is 2.40. The molecule has 0 spiro atoms. The average molecular weight is 347 g/mol. The number of aromatic nitrogens is 1. The Kier molecular flexibility index (Phi) is 4.85. The minimum absolute atomic E-state index is 0.621. The lowest BCUT2D eigenvalue weighted by molar-refractivity contribution is 0.412. The topological polar surface area (TPSA) is 51.0 Å². The maximum atomic E-state index is 6.18. The summed E-state index contributed by atoms with van der Waals surface area (Å²) in [5.41, 5.74) is 9.19. The van der Waals surface area contributed by atoms with Crippen molar-refractivity contribution >= 4 is 34.3 Å². The number of benzene rings is 2. The Bertz CT molecular complexity index is 844. The van der Waals surface area contributed by atoms with Crippen LogP contribution >= 0.6 is 23.4 Å². The number of rotatable bonds is 5. The van der Waals surface area contributed by atoms with Crippen molar-refractivity contribution in [1.29, 1.82) is 0 Å². The molecule has 3 N–H and O–H groups in total. The molecule has 0 fully saturated rings. The zero-order valence-corrected chi connectivity index (χ0v) is 14.7. The van der Waals surface area contributed by atoms with E-state index in [9.17, 15) is 0 Å². The molecule has 1 heterocycles. The van der Waals surface area contributed by atoms with Gasteiger partial charge in [0.05, 0.1) is 7.11 Å². The summed E-state index contributed by atoms with van der Waals surface area (Å²) in [7, 11) is 1.70. The molecule has 3 nitrogen and oxygen atoms in total. The first-order chi connectivity index (χ1) is 11.1. The summed E-state index contributed by atoms with van der Waals surface area (Å²) >= 11 is 7.89. The van der Waals surface area contributed by atoms with Gasteiger partial charge in [-0.05, 0) is 49.7 Å². The van der Waals surface area contributed by atoms with Gasteiger partial charge in [0.2, 0.25) is 0 Å². The number of methoxy groups -OCH3 is 1. The van der Waals surface area contributed by atoms with Gasteiger partial charge < -0.3 is 15.5 Å². The second kappa shape index (κ2) is 6.87. The molecular weight excluding hydrogens is 328 g/mol. The van der Waals surface area contributed by atoms with Gasteiger partial charge in [0, 0.05) is 37.5 Å². The summed E-state index contributed by atoms with van der Waals surface area (Å²) in [6.07, 6.45) is 2.87. The molecule has 120 valence electrons. The summed E-state index contributed by atoms with van der Waals surface area (Å²) < 4.78 is 5.45. The first-order valence-electron chi connectivity index (χ1n) is 7.45. The van der Waals surface area contributed by atoms with E-state index in [1.807, 2.05) is 30.5 Å². The lowest BCUT2D eigenvalue weighted by Crippen LogP contribution is -2.03. The third-order valence-corrected chi connectivity index (χ3v) is 5.28. The fourth-order valence-corrected chi connectivity index (χ4v) is 4.20. The zero-order valence-electron chi connectivity index (χ0n) is 13.2. The van der Waals surface area contributed by atoms with Crippen LogP contribution in [0.15, 0.2) is 46.3 Å². The van der Waals surface area contributed by atoms with Crippen molar-refractivity contribution in [1.82, 2.24) is 4.98 Å². The second-order valence-electron chi connectivity index (χ2n) is 5.36. The van der Waals surface area contributed by atoms with Gasteiger partial charge in [0.25, 0.3) is 0 Å². The van der Waals surface area contributed by atoms with E-state index in [1.165, 1.54) is 10.9 Å². The first-order valence-corrected chi connectivity index (χ1v) is 8.64. The van der Waals surface area contributed by atoms with E-state index in [0.29, 0.717) is 6.54 Å². The van der Waals surface area contributed by atoms with Crippen LogP contribution in [-0.2, 0) is 6.42 Å². The first kappa shape index (κ1) is 16.2. The summed E-state index contributed by atoms with van der Waals surface area (Å²) in [6, 6.07) is 10.0. The summed E-state index contributed by atoms with van der Waals surface area (Å²) in [6.45, 7) is 2.70. The Morgan fingerprint density at radius 1 is 1.22 bits per heavy atom. The molecule has 1 aromatic heterocycles. The zero-order chi connectivity index (χ0) is 16.4. The summed E-state index contributed by atoms with van der Waals surface area (Å²) in [4.78, 5) is 5.64. The van der Waals surface area contributed by atoms with E-state index in [0.717, 1.165) is 38.1 Å². The van der Waals surface area contributed by atoms with Crippen molar-refractivity contribution in [3.8, 4) is 5.75 Å². The summed E-state index contributed by atoms with van der Waals surface area (Å²) in [5.74, 6) is 0.896. The molecule has 0 bridgehead atoms. The van der Waals surface area contributed by atoms with Crippen molar-refractivity contribution in [3.63, 3.8) is 0 Å². The van der Waals surface area contributed by atoms with Crippen LogP contribution in [0.25, 0.3) is 10.9 Å². The average Bonchev–Trinajstić information content (AvgIpc) is 2.94. The predicted octanol–water partition coefficient (Wildman–Crippen LogP) is 4.79. The van der Waals surface area contributed by atoms with Crippen molar-refractivity contribution in [2.45, 2.75) is 23.1 Å². The minimum atomic E-state index is 0.621. The fraction of sp³-hybridized carbons (Fsp3) is 0.222. The Labute approximate surface area is 145 Å². The van der Waals surface area contributed by atoms with Crippen molar-refractivity contribution in [3.05, 3.63) is 52.7 Å². The van der Waals surface area contributed by atoms with E-state index >= 15 is 0 Å². The van der Waals surface area contributed by atoms with Gasteiger partial charge in [0.1, 0.15) is 5.75 Å². The lowest BCUT2D eigenvalue weighted by Gasteiger charge is -2.10.